The van der Waals surface area contributed by atoms with Crippen LogP contribution in [0.4, 0.5) is 17.1 Å². The van der Waals surface area contributed by atoms with Gasteiger partial charge in [0.1, 0.15) is 11.9 Å². The summed E-state index contributed by atoms with van der Waals surface area (Å²) in [5.41, 5.74) is 16.6. The quantitative estimate of drug-likeness (QED) is 0.187. The van der Waals surface area contributed by atoms with Crippen LogP contribution < -0.4 is 9.64 Å². The fourth-order valence-electron chi connectivity index (χ4n) is 9.47. The standard InChI is InChI=1S/C48H42N2O/c1-30-13-20-34(21-14-30)49(35-22-15-31(2)16-23-35)36-24-17-32(18-25-36)33-19-28-43-41(29-33)48(3,4)40-27-26-38-37-9-6-8-12-44(37)51-47(38)45-39-10-5-7-11-42(39)50(43)46(40)45/h5-25,28-29,38,40,47H,26-27H2,1-4H3. The summed E-state index contributed by atoms with van der Waals surface area (Å²) < 4.78 is 9.46. The number of aryl methyl sites for hydroxylation is 2. The topological polar surface area (TPSA) is 17.4 Å². The summed E-state index contributed by atoms with van der Waals surface area (Å²) in [7, 11) is 0. The Morgan fingerprint density at radius 3 is 1.96 bits per heavy atom. The maximum atomic E-state index is 6.87. The molecule has 0 bridgehead atoms. The van der Waals surface area contributed by atoms with E-state index in [9.17, 15) is 0 Å². The first kappa shape index (κ1) is 30.3. The largest absolute Gasteiger partial charge is 0.485 e. The van der Waals surface area contributed by atoms with Crippen molar-refractivity contribution in [3.8, 4) is 22.6 Å². The van der Waals surface area contributed by atoms with Crippen molar-refractivity contribution in [2.75, 3.05) is 4.90 Å². The number of hydrogen-bond donors (Lipinski definition) is 0. The summed E-state index contributed by atoms with van der Waals surface area (Å²) >= 11 is 0. The molecule has 3 nitrogen and oxygen atoms in total. The lowest BCUT2D eigenvalue weighted by Gasteiger charge is -2.42. The molecular weight excluding hydrogens is 621 g/mol. The second-order valence-electron chi connectivity index (χ2n) is 15.5. The van der Waals surface area contributed by atoms with Gasteiger partial charge in [0, 0.05) is 62.2 Å². The van der Waals surface area contributed by atoms with E-state index < -0.39 is 0 Å². The molecule has 1 aliphatic carbocycles. The van der Waals surface area contributed by atoms with Crippen molar-refractivity contribution in [1.29, 1.82) is 0 Å². The van der Waals surface area contributed by atoms with Crippen molar-refractivity contribution in [1.82, 2.24) is 4.57 Å². The molecule has 1 aromatic heterocycles. The molecule has 250 valence electrons. The molecule has 0 spiro atoms. The third-order valence-corrected chi connectivity index (χ3v) is 12.1. The lowest BCUT2D eigenvalue weighted by Crippen LogP contribution is -2.34. The summed E-state index contributed by atoms with van der Waals surface area (Å²) in [5.74, 6) is 1.81. The highest BCUT2D eigenvalue weighted by Gasteiger charge is 2.49. The van der Waals surface area contributed by atoms with Crippen molar-refractivity contribution in [2.24, 2.45) is 0 Å². The maximum Gasteiger partial charge on any atom is 0.133 e. The van der Waals surface area contributed by atoms with Crippen LogP contribution in [0, 0.1) is 13.8 Å². The minimum atomic E-state index is -0.0593. The zero-order valence-electron chi connectivity index (χ0n) is 29.7. The molecule has 0 N–H and O–H groups in total. The third-order valence-electron chi connectivity index (χ3n) is 12.1. The first-order chi connectivity index (χ1) is 24.9. The maximum absolute atomic E-state index is 6.87. The number of rotatable bonds is 4. The number of benzene rings is 6. The van der Waals surface area contributed by atoms with E-state index in [1.807, 2.05) is 0 Å². The predicted molar refractivity (Wildman–Crippen MR) is 210 cm³/mol. The fraction of sp³-hybridized carbons (Fsp3) is 0.208. The highest BCUT2D eigenvalue weighted by molar-refractivity contribution is 5.90. The summed E-state index contributed by atoms with van der Waals surface area (Å²) in [4.78, 5) is 2.35. The zero-order valence-corrected chi connectivity index (χ0v) is 29.7. The van der Waals surface area contributed by atoms with Gasteiger partial charge in [0.15, 0.2) is 0 Å². The molecule has 3 heterocycles. The van der Waals surface area contributed by atoms with Crippen molar-refractivity contribution in [3.63, 3.8) is 0 Å². The summed E-state index contributed by atoms with van der Waals surface area (Å²) in [5, 5.41) is 1.33. The summed E-state index contributed by atoms with van der Waals surface area (Å²) in [6, 6.07) is 51.6. The molecule has 2 aliphatic heterocycles. The Hall–Kier alpha value is -5.54. The minimum Gasteiger partial charge on any atom is -0.485 e. The first-order valence-electron chi connectivity index (χ1n) is 18.4. The third kappa shape index (κ3) is 4.57. The minimum absolute atomic E-state index is 0.0445. The van der Waals surface area contributed by atoms with E-state index in [0.29, 0.717) is 11.8 Å². The number of hydrogen-bond acceptors (Lipinski definition) is 2. The Morgan fingerprint density at radius 2 is 1.25 bits per heavy atom. The van der Waals surface area contributed by atoms with E-state index in [1.165, 1.54) is 61.2 Å². The fourth-order valence-corrected chi connectivity index (χ4v) is 9.47. The van der Waals surface area contributed by atoms with Crippen LogP contribution in [0.15, 0.2) is 140 Å². The Bertz CT molecular complexity index is 2400. The van der Waals surface area contributed by atoms with Crippen LogP contribution >= 0.6 is 0 Å². The number of aromatic nitrogens is 1. The molecule has 0 amide bonds. The van der Waals surface area contributed by atoms with Crippen molar-refractivity contribution >= 4 is 28.0 Å². The van der Waals surface area contributed by atoms with Crippen LogP contribution in [0.5, 0.6) is 5.75 Å². The molecule has 3 heteroatoms. The highest BCUT2D eigenvalue weighted by atomic mass is 16.5. The Labute approximate surface area is 300 Å². The van der Waals surface area contributed by atoms with E-state index in [4.69, 9.17) is 4.74 Å². The van der Waals surface area contributed by atoms with Gasteiger partial charge < -0.3 is 14.2 Å². The SMILES string of the molecule is Cc1ccc(N(c2ccc(C)cc2)c2ccc(-c3ccc4c(c3)C(C)(C)C3CCC5c6ccccc6OC5c5c3n-4c3ccccc53)cc2)cc1. The Kier molecular flexibility index (Phi) is 6.67. The van der Waals surface area contributed by atoms with Crippen molar-refractivity contribution < 1.29 is 4.74 Å². The van der Waals surface area contributed by atoms with Gasteiger partial charge in [-0.25, -0.2) is 0 Å². The van der Waals surface area contributed by atoms with Crippen LogP contribution in [-0.4, -0.2) is 4.57 Å². The van der Waals surface area contributed by atoms with Gasteiger partial charge in [0.25, 0.3) is 0 Å². The molecule has 3 atom stereocenters. The average Bonchev–Trinajstić information content (AvgIpc) is 3.63. The van der Waals surface area contributed by atoms with Crippen LogP contribution in [0.3, 0.4) is 0 Å². The van der Waals surface area contributed by atoms with E-state index >= 15 is 0 Å². The van der Waals surface area contributed by atoms with E-state index in [-0.39, 0.29) is 11.5 Å². The molecule has 3 aliphatic rings. The van der Waals surface area contributed by atoms with Crippen molar-refractivity contribution in [2.45, 2.75) is 63.9 Å². The molecular formula is C48H42N2O. The number of anilines is 3. The van der Waals surface area contributed by atoms with Gasteiger partial charge in [-0.15, -0.1) is 0 Å². The molecule has 6 aromatic carbocycles. The molecule has 0 saturated heterocycles. The molecule has 3 unspecified atom stereocenters. The lowest BCUT2D eigenvalue weighted by atomic mass is 9.67. The second-order valence-corrected chi connectivity index (χ2v) is 15.5. The molecule has 0 radical (unpaired) electrons. The lowest BCUT2D eigenvalue weighted by molar-refractivity contribution is 0.208. The molecule has 51 heavy (non-hydrogen) atoms. The highest BCUT2D eigenvalue weighted by Crippen LogP contribution is 2.60. The Balaban J connectivity index is 1.08. The van der Waals surface area contributed by atoms with Crippen LogP contribution in [0.2, 0.25) is 0 Å². The van der Waals surface area contributed by atoms with Crippen LogP contribution in [0.25, 0.3) is 27.7 Å². The van der Waals surface area contributed by atoms with E-state index in [2.05, 4.69) is 177 Å². The van der Waals surface area contributed by atoms with E-state index in [0.717, 1.165) is 35.7 Å². The molecule has 0 fully saturated rings. The van der Waals surface area contributed by atoms with E-state index in [1.54, 1.807) is 0 Å². The second kappa shape index (κ2) is 11.2. The molecule has 7 aromatic rings. The van der Waals surface area contributed by atoms with Gasteiger partial charge in [-0.05, 0) is 104 Å². The van der Waals surface area contributed by atoms with Crippen LogP contribution in [-0.2, 0) is 5.41 Å². The number of ether oxygens (including phenoxy) is 1. The molecule has 10 rings (SSSR count). The normalized spacial score (nSPS) is 19.3. The van der Waals surface area contributed by atoms with Gasteiger partial charge in [-0.2, -0.15) is 0 Å². The average molecular weight is 663 g/mol. The predicted octanol–water partition coefficient (Wildman–Crippen LogP) is 12.8. The van der Waals surface area contributed by atoms with Crippen molar-refractivity contribution in [3.05, 3.63) is 173 Å². The zero-order chi connectivity index (χ0) is 34.4. The van der Waals surface area contributed by atoms with Gasteiger partial charge in [-0.3, -0.25) is 0 Å². The number of para-hydroxylation sites is 2. The Morgan fingerprint density at radius 1 is 0.647 bits per heavy atom. The van der Waals surface area contributed by atoms with Gasteiger partial charge in [0.2, 0.25) is 0 Å². The summed E-state index contributed by atoms with van der Waals surface area (Å²) in [6.07, 6.45) is 2.29. The number of fused-ring (bicyclic) bond motifs is 9. The first-order valence-corrected chi connectivity index (χ1v) is 18.4. The summed E-state index contributed by atoms with van der Waals surface area (Å²) in [6.45, 7) is 9.24. The molecule has 0 saturated carbocycles. The van der Waals surface area contributed by atoms with Crippen LogP contribution in [0.1, 0.15) is 78.1 Å². The number of nitrogens with zero attached hydrogens (tertiary/aromatic N) is 2. The van der Waals surface area contributed by atoms with Gasteiger partial charge in [-0.1, -0.05) is 104 Å². The monoisotopic (exact) mass is 662 g/mol. The van der Waals surface area contributed by atoms with Gasteiger partial charge >= 0.3 is 0 Å². The van der Waals surface area contributed by atoms with Gasteiger partial charge in [0.05, 0.1) is 5.52 Å². The smallest absolute Gasteiger partial charge is 0.133 e.